The molecule has 1 aromatic heterocycles. The van der Waals surface area contributed by atoms with Crippen molar-refractivity contribution in [1.29, 1.82) is 0 Å². The second-order valence-corrected chi connectivity index (χ2v) is 7.89. The molecule has 0 aliphatic carbocycles. The lowest BCUT2D eigenvalue weighted by molar-refractivity contribution is 0.110. The average molecular weight is 450 g/mol. The van der Waals surface area contributed by atoms with Gasteiger partial charge in [0.15, 0.2) is 0 Å². The van der Waals surface area contributed by atoms with Crippen molar-refractivity contribution >= 4 is 35.0 Å². The second-order valence-electron chi connectivity index (χ2n) is 7.48. The van der Waals surface area contributed by atoms with Crippen LogP contribution >= 0.6 is 24.0 Å². The zero-order valence-electron chi connectivity index (χ0n) is 16.7. The first-order valence-corrected chi connectivity index (χ1v) is 10.2. The summed E-state index contributed by atoms with van der Waals surface area (Å²) in [4.78, 5) is 12.8. The largest absolute Gasteiger partial charge is 0.506 e. The maximum Gasteiger partial charge on any atom is 0.340 e. The predicted octanol–water partition coefficient (Wildman–Crippen LogP) is 4.74. The minimum atomic E-state index is -0.388. The van der Waals surface area contributed by atoms with Gasteiger partial charge in [-0.05, 0) is 37.0 Å². The Morgan fingerprint density at radius 1 is 1.23 bits per heavy atom. The molecule has 0 radical (unpaired) electrons. The molecule has 1 saturated heterocycles. The second kappa shape index (κ2) is 9.84. The number of ether oxygens (including phenoxy) is 1. The first-order valence-electron chi connectivity index (χ1n) is 9.87. The van der Waals surface area contributed by atoms with Gasteiger partial charge >= 0.3 is 5.63 Å². The fourth-order valence-corrected chi connectivity index (χ4v) is 4.10. The number of fused-ring (bicyclic) bond motifs is 1. The van der Waals surface area contributed by atoms with Gasteiger partial charge < -0.3 is 19.6 Å². The average Bonchev–Trinajstić information content (AvgIpc) is 3.23. The molecule has 1 unspecified atom stereocenters. The number of rotatable bonds is 6. The molecule has 30 heavy (non-hydrogen) atoms. The fourth-order valence-electron chi connectivity index (χ4n) is 3.87. The molecule has 2 aromatic carbocycles. The summed E-state index contributed by atoms with van der Waals surface area (Å²) in [5.74, 6) is -0.0580. The highest BCUT2D eigenvalue weighted by Gasteiger charge is 2.20. The van der Waals surface area contributed by atoms with Gasteiger partial charge in [-0.3, -0.25) is 0 Å². The van der Waals surface area contributed by atoms with Gasteiger partial charge in [-0.1, -0.05) is 41.9 Å². The topological polar surface area (TPSA) is 71.7 Å². The Labute approximate surface area is 186 Å². The van der Waals surface area contributed by atoms with Crippen molar-refractivity contribution in [2.24, 2.45) is 0 Å². The standard InChI is InChI=1S/C23H24ClNO4.ClH/c1-14-17-11-20(24)21(26)19(13-25-12-16-8-5-9-28-16)22(17)29-23(27)18(14)10-15-6-3-2-4-7-15;/h2-4,6-7,11,16,25-26H,5,8-10,12-13H2,1H3;1H. The minimum absolute atomic E-state index is 0. The number of hydrogen-bond donors (Lipinski definition) is 2. The number of aryl methyl sites for hydroxylation is 1. The lowest BCUT2D eigenvalue weighted by Gasteiger charge is -2.15. The highest BCUT2D eigenvalue weighted by molar-refractivity contribution is 6.33. The lowest BCUT2D eigenvalue weighted by Crippen LogP contribution is -2.26. The van der Waals surface area contributed by atoms with E-state index in [9.17, 15) is 9.90 Å². The normalized spacial score (nSPS) is 16.0. The molecule has 7 heteroatoms. The summed E-state index contributed by atoms with van der Waals surface area (Å²) in [5, 5.41) is 14.8. The summed E-state index contributed by atoms with van der Waals surface area (Å²) in [5.41, 5.74) is 2.95. The van der Waals surface area contributed by atoms with E-state index in [4.69, 9.17) is 20.8 Å². The molecular formula is C23H25Cl2NO4. The Bertz CT molecular complexity index is 1080. The monoisotopic (exact) mass is 449 g/mol. The zero-order chi connectivity index (χ0) is 20.4. The van der Waals surface area contributed by atoms with Crippen LogP contribution < -0.4 is 10.9 Å². The molecule has 160 valence electrons. The number of benzene rings is 2. The van der Waals surface area contributed by atoms with E-state index in [1.807, 2.05) is 37.3 Å². The Balaban J connectivity index is 0.00000256. The molecular weight excluding hydrogens is 425 g/mol. The van der Waals surface area contributed by atoms with Crippen LogP contribution in [0.5, 0.6) is 5.75 Å². The van der Waals surface area contributed by atoms with E-state index in [1.54, 1.807) is 6.07 Å². The first kappa shape index (κ1) is 22.6. The molecule has 0 spiro atoms. The highest BCUT2D eigenvalue weighted by Crippen LogP contribution is 2.36. The zero-order valence-corrected chi connectivity index (χ0v) is 18.3. The molecule has 4 rings (SSSR count). The summed E-state index contributed by atoms with van der Waals surface area (Å²) in [6, 6.07) is 11.5. The van der Waals surface area contributed by atoms with Gasteiger partial charge in [-0.2, -0.15) is 0 Å². The van der Waals surface area contributed by atoms with Crippen LogP contribution in [0.25, 0.3) is 11.0 Å². The van der Waals surface area contributed by atoms with E-state index >= 15 is 0 Å². The third kappa shape index (κ3) is 4.65. The number of nitrogens with one attached hydrogen (secondary N) is 1. The van der Waals surface area contributed by atoms with Gasteiger partial charge in [0, 0.05) is 37.1 Å². The summed E-state index contributed by atoms with van der Waals surface area (Å²) >= 11 is 6.30. The van der Waals surface area contributed by atoms with Gasteiger partial charge in [0.2, 0.25) is 0 Å². The number of phenols is 1. The van der Waals surface area contributed by atoms with Gasteiger partial charge in [-0.25, -0.2) is 4.79 Å². The van der Waals surface area contributed by atoms with E-state index < -0.39 is 0 Å². The summed E-state index contributed by atoms with van der Waals surface area (Å²) in [6.45, 7) is 3.69. The molecule has 1 atom stereocenters. The van der Waals surface area contributed by atoms with Crippen molar-refractivity contribution < 1.29 is 14.3 Å². The molecule has 1 aliphatic rings. The predicted molar refractivity (Wildman–Crippen MR) is 121 cm³/mol. The van der Waals surface area contributed by atoms with Crippen LogP contribution in [0.4, 0.5) is 0 Å². The smallest absolute Gasteiger partial charge is 0.340 e. The Morgan fingerprint density at radius 2 is 2.00 bits per heavy atom. The highest BCUT2D eigenvalue weighted by atomic mass is 35.5. The van der Waals surface area contributed by atoms with Gasteiger partial charge in [-0.15, -0.1) is 12.4 Å². The van der Waals surface area contributed by atoms with Crippen molar-refractivity contribution in [3.63, 3.8) is 0 Å². The van der Waals surface area contributed by atoms with Crippen molar-refractivity contribution in [3.05, 3.63) is 74.1 Å². The Kier molecular flexibility index (Phi) is 7.42. The van der Waals surface area contributed by atoms with Crippen molar-refractivity contribution in [3.8, 4) is 5.75 Å². The third-order valence-corrected chi connectivity index (χ3v) is 5.81. The quantitative estimate of drug-likeness (QED) is 0.531. The van der Waals surface area contributed by atoms with Crippen LogP contribution in [-0.2, 0) is 17.7 Å². The summed E-state index contributed by atoms with van der Waals surface area (Å²) in [6.07, 6.45) is 2.74. The van der Waals surface area contributed by atoms with Crippen LogP contribution in [0.2, 0.25) is 5.02 Å². The van der Waals surface area contributed by atoms with Gasteiger partial charge in [0.25, 0.3) is 0 Å². The molecule has 2 heterocycles. The van der Waals surface area contributed by atoms with E-state index in [0.29, 0.717) is 36.2 Å². The third-order valence-electron chi connectivity index (χ3n) is 5.52. The molecule has 0 bridgehead atoms. The van der Waals surface area contributed by atoms with Crippen LogP contribution in [0.1, 0.15) is 35.1 Å². The maximum absolute atomic E-state index is 12.8. The number of halogens is 2. The molecule has 0 saturated carbocycles. The van der Waals surface area contributed by atoms with Crippen LogP contribution in [0.3, 0.4) is 0 Å². The number of aromatic hydroxyl groups is 1. The number of hydrogen-bond acceptors (Lipinski definition) is 5. The number of phenolic OH excluding ortho intramolecular Hbond substituents is 1. The SMILES string of the molecule is Cc1c(Cc2ccccc2)c(=O)oc2c(CNCC3CCCO3)c(O)c(Cl)cc12.Cl. The van der Waals surface area contributed by atoms with Crippen molar-refractivity contribution in [1.82, 2.24) is 5.32 Å². The van der Waals surface area contributed by atoms with Crippen LogP contribution in [-0.4, -0.2) is 24.4 Å². The van der Waals surface area contributed by atoms with Crippen LogP contribution in [0, 0.1) is 6.92 Å². The van der Waals surface area contributed by atoms with Crippen molar-refractivity contribution in [2.45, 2.75) is 38.8 Å². The summed E-state index contributed by atoms with van der Waals surface area (Å²) in [7, 11) is 0. The van der Waals surface area contributed by atoms with E-state index in [0.717, 1.165) is 36.0 Å². The molecule has 1 aliphatic heterocycles. The molecule has 3 aromatic rings. The van der Waals surface area contributed by atoms with Gasteiger partial charge in [0.05, 0.1) is 16.7 Å². The Hall–Kier alpha value is -2.05. The summed E-state index contributed by atoms with van der Waals surface area (Å²) < 4.78 is 11.3. The molecule has 5 nitrogen and oxygen atoms in total. The molecule has 0 amide bonds. The Morgan fingerprint density at radius 3 is 2.70 bits per heavy atom. The molecule has 2 N–H and O–H groups in total. The fraction of sp³-hybridized carbons (Fsp3) is 0.348. The lowest BCUT2D eigenvalue weighted by atomic mass is 9.98. The van der Waals surface area contributed by atoms with E-state index in [1.165, 1.54) is 0 Å². The molecule has 1 fully saturated rings. The van der Waals surface area contributed by atoms with Crippen LogP contribution in [0.15, 0.2) is 45.6 Å². The minimum Gasteiger partial charge on any atom is -0.506 e. The first-order chi connectivity index (χ1) is 14.0. The van der Waals surface area contributed by atoms with E-state index in [2.05, 4.69) is 5.32 Å². The van der Waals surface area contributed by atoms with Gasteiger partial charge in [0.1, 0.15) is 11.3 Å². The maximum atomic E-state index is 12.8. The van der Waals surface area contributed by atoms with Crippen molar-refractivity contribution in [2.75, 3.05) is 13.2 Å². The van der Waals surface area contributed by atoms with E-state index in [-0.39, 0.29) is 34.9 Å².